The Balaban J connectivity index is 1.37. The molecule has 0 radical (unpaired) electrons. The Kier molecular flexibility index (Phi) is 6.11. The highest BCUT2D eigenvalue weighted by Gasteiger charge is 2.37. The van der Waals surface area contributed by atoms with Crippen LogP contribution in [0, 0.1) is 0 Å². The van der Waals surface area contributed by atoms with E-state index >= 15 is 0 Å². The molecule has 1 aliphatic rings. The maximum atomic E-state index is 12.9. The zero-order valence-corrected chi connectivity index (χ0v) is 16.1. The molecule has 150 valence electrons. The first-order valence-corrected chi connectivity index (χ1v) is 9.78. The number of likely N-dealkylation sites (tertiary alicyclic amines) is 1. The largest absolute Gasteiger partial charge is 0.465 e. The van der Waals surface area contributed by atoms with Crippen LogP contribution in [-0.2, 0) is 11.2 Å². The van der Waals surface area contributed by atoms with E-state index in [1.807, 2.05) is 42.5 Å². The Morgan fingerprint density at radius 2 is 2.14 bits per heavy atom. The molecule has 1 saturated heterocycles. The second kappa shape index (κ2) is 9.29. The molecule has 1 aliphatic heterocycles. The van der Waals surface area contributed by atoms with Gasteiger partial charge in [-0.3, -0.25) is 9.69 Å². The lowest BCUT2D eigenvalue weighted by Gasteiger charge is -2.21. The SMILES string of the molecule is O=C(NCCc1ccccc1)[C@@H]1C[C@H](n2cnnn2)CN1C/C=C/c1ccco1. The highest BCUT2D eigenvalue weighted by molar-refractivity contribution is 5.82. The van der Waals surface area contributed by atoms with Gasteiger partial charge in [-0.25, -0.2) is 4.68 Å². The maximum Gasteiger partial charge on any atom is 0.237 e. The minimum Gasteiger partial charge on any atom is -0.465 e. The molecule has 0 bridgehead atoms. The second-order valence-electron chi connectivity index (χ2n) is 7.09. The first-order chi connectivity index (χ1) is 14.3. The van der Waals surface area contributed by atoms with Crippen LogP contribution in [0.5, 0.6) is 0 Å². The summed E-state index contributed by atoms with van der Waals surface area (Å²) in [5, 5.41) is 14.6. The maximum absolute atomic E-state index is 12.9. The van der Waals surface area contributed by atoms with Crippen molar-refractivity contribution in [2.45, 2.75) is 24.9 Å². The number of tetrazole rings is 1. The lowest BCUT2D eigenvalue weighted by molar-refractivity contribution is -0.125. The number of aromatic nitrogens is 4. The van der Waals surface area contributed by atoms with Gasteiger partial charge in [-0.2, -0.15) is 0 Å². The molecule has 8 heteroatoms. The first kappa shape index (κ1) is 19.1. The summed E-state index contributed by atoms with van der Waals surface area (Å²) in [6.45, 7) is 1.98. The van der Waals surface area contributed by atoms with Crippen molar-refractivity contribution >= 4 is 12.0 Å². The third kappa shape index (κ3) is 4.97. The molecule has 3 aromatic rings. The molecule has 4 rings (SSSR count). The van der Waals surface area contributed by atoms with Crippen LogP contribution in [0.15, 0.2) is 65.5 Å². The number of rotatable bonds is 8. The van der Waals surface area contributed by atoms with Crippen molar-refractivity contribution in [3.63, 3.8) is 0 Å². The third-order valence-electron chi connectivity index (χ3n) is 5.14. The molecule has 0 unspecified atom stereocenters. The van der Waals surface area contributed by atoms with Crippen molar-refractivity contribution in [1.82, 2.24) is 30.4 Å². The molecular weight excluding hydrogens is 368 g/mol. The average Bonchev–Trinajstić information content (AvgIpc) is 3.50. The van der Waals surface area contributed by atoms with Gasteiger partial charge in [-0.1, -0.05) is 36.4 Å². The normalized spacial score (nSPS) is 19.7. The van der Waals surface area contributed by atoms with Crippen molar-refractivity contribution in [1.29, 1.82) is 0 Å². The predicted molar refractivity (Wildman–Crippen MR) is 108 cm³/mol. The van der Waals surface area contributed by atoms with Crippen LogP contribution in [0.3, 0.4) is 0 Å². The number of nitrogens with one attached hydrogen (secondary N) is 1. The van der Waals surface area contributed by atoms with Gasteiger partial charge in [0, 0.05) is 19.6 Å². The summed E-state index contributed by atoms with van der Waals surface area (Å²) in [5.41, 5.74) is 1.21. The van der Waals surface area contributed by atoms with Crippen molar-refractivity contribution in [2.24, 2.45) is 0 Å². The fourth-order valence-electron chi connectivity index (χ4n) is 3.66. The summed E-state index contributed by atoms with van der Waals surface area (Å²) in [5.74, 6) is 0.841. The van der Waals surface area contributed by atoms with Crippen LogP contribution in [0.2, 0.25) is 0 Å². The number of carbonyl (C=O) groups is 1. The highest BCUT2D eigenvalue weighted by atomic mass is 16.3. The van der Waals surface area contributed by atoms with Gasteiger partial charge in [0.1, 0.15) is 12.1 Å². The fraction of sp³-hybridized carbons (Fsp3) is 0.333. The first-order valence-electron chi connectivity index (χ1n) is 9.78. The minimum absolute atomic E-state index is 0.0444. The molecule has 3 heterocycles. The van der Waals surface area contributed by atoms with E-state index in [2.05, 4.69) is 37.9 Å². The Morgan fingerprint density at radius 1 is 1.24 bits per heavy atom. The number of amides is 1. The quantitative estimate of drug-likeness (QED) is 0.630. The number of benzene rings is 1. The summed E-state index contributed by atoms with van der Waals surface area (Å²) in [6.07, 6.45) is 8.69. The summed E-state index contributed by atoms with van der Waals surface area (Å²) >= 11 is 0. The van der Waals surface area contributed by atoms with Crippen molar-refractivity contribution in [3.8, 4) is 0 Å². The molecule has 29 heavy (non-hydrogen) atoms. The number of hydrogen-bond acceptors (Lipinski definition) is 6. The van der Waals surface area contributed by atoms with E-state index in [4.69, 9.17) is 4.42 Å². The van der Waals surface area contributed by atoms with Crippen LogP contribution >= 0.6 is 0 Å². The van der Waals surface area contributed by atoms with E-state index in [1.54, 1.807) is 17.3 Å². The van der Waals surface area contributed by atoms with Crippen molar-refractivity contribution in [2.75, 3.05) is 19.6 Å². The average molecular weight is 392 g/mol. The van der Waals surface area contributed by atoms with E-state index in [0.717, 1.165) is 12.2 Å². The van der Waals surface area contributed by atoms with Gasteiger partial charge in [0.2, 0.25) is 5.91 Å². The standard InChI is InChI=1S/C21H24N6O2/c28-21(22-11-10-17-6-2-1-3-7-17)20-14-18(27-16-23-24-25-27)15-26(20)12-4-8-19-9-5-13-29-19/h1-9,13,16,18,20H,10-12,14-15H2,(H,22,28)/b8-4+/t18-,20-/m0/s1. The van der Waals surface area contributed by atoms with E-state index < -0.39 is 0 Å². The molecule has 1 fully saturated rings. The van der Waals surface area contributed by atoms with Crippen LogP contribution < -0.4 is 5.32 Å². The van der Waals surface area contributed by atoms with E-state index in [1.165, 1.54) is 5.56 Å². The molecule has 2 aromatic heterocycles. The van der Waals surface area contributed by atoms with E-state index in [-0.39, 0.29) is 18.0 Å². The topological polar surface area (TPSA) is 89.1 Å². The monoisotopic (exact) mass is 392 g/mol. The predicted octanol–water partition coefficient (Wildman–Crippen LogP) is 1.95. The van der Waals surface area contributed by atoms with Gasteiger partial charge in [-0.15, -0.1) is 5.10 Å². The number of hydrogen-bond donors (Lipinski definition) is 1. The molecule has 0 spiro atoms. The van der Waals surface area contributed by atoms with E-state index in [0.29, 0.717) is 26.1 Å². The molecule has 0 saturated carbocycles. The Bertz CT molecular complexity index is 908. The summed E-state index contributed by atoms with van der Waals surface area (Å²) in [6, 6.07) is 13.8. The fourth-order valence-corrected chi connectivity index (χ4v) is 3.66. The van der Waals surface area contributed by atoms with Crippen molar-refractivity contribution < 1.29 is 9.21 Å². The summed E-state index contributed by atoms with van der Waals surface area (Å²) in [7, 11) is 0. The zero-order chi connectivity index (χ0) is 19.9. The summed E-state index contributed by atoms with van der Waals surface area (Å²) < 4.78 is 7.07. The molecular formula is C21H24N6O2. The Morgan fingerprint density at radius 3 is 2.90 bits per heavy atom. The molecule has 0 aliphatic carbocycles. The van der Waals surface area contributed by atoms with Gasteiger partial charge in [0.25, 0.3) is 0 Å². The molecule has 1 aromatic carbocycles. The number of nitrogens with zero attached hydrogens (tertiary/aromatic N) is 5. The molecule has 8 nitrogen and oxygen atoms in total. The van der Waals surface area contributed by atoms with Gasteiger partial charge in [-0.05, 0) is 47.0 Å². The van der Waals surface area contributed by atoms with Crippen LogP contribution in [0.1, 0.15) is 23.8 Å². The zero-order valence-electron chi connectivity index (χ0n) is 16.1. The Hall–Kier alpha value is -3.26. The minimum atomic E-state index is -0.221. The second-order valence-corrected chi connectivity index (χ2v) is 7.09. The van der Waals surface area contributed by atoms with Gasteiger partial charge < -0.3 is 9.73 Å². The van der Waals surface area contributed by atoms with Crippen molar-refractivity contribution in [3.05, 3.63) is 72.5 Å². The van der Waals surface area contributed by atoms with Crippen LogP contribution in [0.4, 0.5) is 0 Å². The number of carbonyl (C=O) groups excluding carboxylic acids is 1. The molecule has 1 amide bonds. The highest BCUT2D eigenvalue weighted by Crippen LogP contribution is 2.26. The lowest BCUT2D eigenvalue weighted by atomic mass is 10.1. The van der Waals surface area contributed by atoms with Crippen LogP contribution in [0.25, 0.3) is 6.08 Å². The molecule has 2 atom stereocenters. The van der Waals surface area contributed by atoms with Gasteiger partial charge >= 0.3 is 0 Å². The molecule has 1 N–H and O–H groups in total. The third-order valence-corrected chi connectivity index (χ3v) is 5.14. The van der Waals surface area contributed by atoms with Crippen LogP contribution in [-0.4, -0.2) is 56.7 Å². The van der Waals surface area contributed by atoms with E-state index in [9.17, 15) is 4.79 Å². The van der Waals surface area contributed by atoms with Gasteiger partial charge in [0.15, 0.2) is 0 Å². The smallest absolute Gasteiger partial charge is 0.237 e. The van der Waals surface area contributed by atoms with Gasteiger partial charge in [0.05, 0.1) is 18.3 Å². The summed E-state index contributed by atoms with van der Waals surface area (Å²) in [4.78, 5) is 15.1. The lowest BCUT2D eigenvalue weighted by Crippen LogP contribution is -2.43. The number of furan rings is 1. The Labute approximate surface area is 169 Å².